The zero-order chi connectivity index (χ0) is 18.8. The molecule has 1 aromatic carbocycles. The molecule has 9 heteroatoms. The molecule has 3 aromatic rings. The van der Waals surface area contributed by atoms with Gasteiger partial charge in [0.25, 0.3) is 11.6 Å². The lowest BCUT2D eigenvalue weighted by atomic mass is 10.2. The number of hydrogen-bond donors (Lipinski definition) is 0. The minimum atomic E-state index is -0.721. The van der Waals surface area contributed by atoms with Crippen LogP contribution >= 0.6 is 11.3 Å². The first-order chi connectivity index (χ1) is 12.3. The Morgan fingerprint density at radius 2 is 1.96 bits per heavy atom. The van der Waals surface area contributed by atoms with Gasteiger partial charge in [0.2, 0.25) is 5.89 Å². The molecule has 0 aliphatic heterocycles. The Morgan fingerprint density at radius 1 is 1.27 bits per heavy atom. The number of benzene rings is 1. The minimum absolute atomic E-state index is 0.0304. The van der Waals surface area contributed by atoms with E-state index in [-0.39, 0.29) is 17.5 Å². The summed E-state index contributed by atoms with van der Waals surface area (Å²) in [6.45, 7) is 5.42. The number of ether oxygens (including phenoxy) is 1. The summed E-state index contributed by atoms with van der Waals surface area (Å²) >= 11 is 1.52. The van der Waals surface area contributed by atoms with Gasteiger partial charge in [0.05, 0.1) is 10.5 Å². The van der Waals surface area contributed by atoms with E-state index in [0.29, 0.717) is 11.1 Å². The molecule has 0 aliphatic rings. The highest BCUT2D eigenvalue weighted by Gasteiger charge is 2.22. The molecular formula is C17H15N3O5S. The molecular weight excluding hydrogens is 358 g/mol. The van der Waals surface area contributed by atoms with Gasteiger partial charge in [-0.2, -0.15) is 0 Å². The summed E-state index contributed by atoms with van der Waals surface area (Å²) in [5.41, 5.74) is 1.03. The van der Waals surface area contributed by atoms with Gasteiger partial charge in [-0.1, -0.05) is 0 Å². The van der Waals surface area contributed by atoms with Crippen LogP contribution in [0, 0.1) is 24.0 Å². The minimum Gasteiger partial charge on any atom is -0.449 e. The second-order valence-corrected chi connectivity index (χ2v) is 7.08. The van der Waals surface area contributed by atoms with E-state index in [2.05, 4.69) is 10.2 Å². The molecule has 0 saturated carbocycles. The average Bonchev–Trinajstić information content (AvgIpc) is 3.21. The Hall–Kier alpha value is -3.07. The van der Waals surface area contributed by atoms with Crippen molar-refractivity contribution >= 4 is 23.0 Å². The van der Waals surface area contributed by atoms with Gasteiger partial charge < -0.3 is 9.15 Å². The van der Waals surface area contributed by atoms with Gasteiger partial charge in [-0.05, 0) is 39.0 Å². The van der Waals surface area contributed by atoms with Crippen molar-refractivity contribution in [3.8, 4) is 11.5 Å². The highest BCUT2D eigenvalue weighted by Crippen LogP contribution is 2.26. The number of carbonyl (C=O) groups is 1. The van der Waals surface area contributed by atoms with Crippen LogP contribution in [0.4, 0.5) is 5.69 Å². The van der Waals surface area contributed by atoms with Gasteiger partial charge in [-0.25, -0.2) is 4.79 Å². The Labute approximate surface area is 152 Å². The molecule has 26 heavy (non-hydrogen) atoms. The molecule has 8 nitrogen and oxygen atoms in total. The van der Waals surface area contributed by atoms with E-state index in [4.69, 9.17) is 9.15 Å². The fourth-order valence-electron chi connectivity index (χ4n) is 2.35. The summed E-state index contributed by atoms with van der Waals surface area (Å²) < 4.78 is 10.9. The van der Waals surface area contributed by atoms with Crippen LogP contribution < -0.4 is 0 Å². The number of hydrogen-bond acceptors (Lipinski definition) is 8. The first-order valence-electron chi connectivity index (χ1n) is 7.71. The number of thiophene rings is 1. The molecule has 0 unspecified atom stereocenters. The van der Waals surface area contributed by atoms with Crippen LogP contribution in [0.2, 0.25) is 0 Å². The highest BCUT2D eigenvalue weighted by atomic mass is 32.1. The Morgan fingerprint density at radius 3 is 2.54 bits per heavy atom. The normalized spacial score (nSPS) is 12.0. The summed E-state index contributed by atoms with van der Waals surface area (Å²) in [7, 11) is 0. The van der Waals surface area contributed by atoms with Crippen molar-refractivity contribution in [1.82, 2.24) is 10.2 Å². The zero-order valence-electron chi connectivity index (χ0n) is 14.3. The number of aryl methyl sites for hydroxylation is 2. The van der Waals surface area contributed by atoms with E-state index in [0.717, 1.165) is 9.75 Å². The zero-order valence-corrected chi connectivity index (χ0v) is 15.1. The third kappa shape index (κ3) is 3.62. The maximum atomic E-state index is 12.3. The number of aromatic nitrogens is 2. The van der Waals surface area contributed by atoms with Gasteiger partial charge in [0.1, 0.15) is 0 Å². The topological polar surface area (TPSA) is 108 Å². The first-order valence-corrected chi connectivity index (χ1v) is 8.53. The lowest BCUT2D eigenvalue weighted by Gasteiger charge is -2.08. The molecule has 2 heterocycles. The van der Waals surface area contributed by atoms with Crippen LogP contribution in [-0.4, -0.2) is 21.1 Å². The number of nitrogens with zero attached hydrogens (tertiary/aromatic N) is 3. The van der Waals surface area contributed by atoms with Crippen LogP contribution in [-0.2, 0) is 4.74 Å². The van der Waals surface area contributed by atoms with E-state index >= 15 is 0 Å². The molecule has 2 aromatic heterocycles. The van der Waals surface area contributed by atoms with Crippen LogP contribution in [0.5, 0.6) is 0 Å². The van der Waals surface area contributed by atoms with E-state index < -0.39 is 17.0 Å². The fraction of sp³-hybridized carbons (Fsp3) is 0.235. The van der Waals surface area contributed by atoms with E-state index in [9.17, 15) is 14.9 Å². The van der Waals surface area contributed by atoms with E-state index in [1.54, 1.807) is 13.0 Å². The highest BCUT2D eigenvalue weighted by molar-refractivity contribution is 7.12. The molecule has 0 radical (unpaired) electrons. The Kier molecular flexibility index (Phi) is 4.81. The molecule has 0 bridgehead atoms. The van der Waals surface area contributed by atoms with Crippen LogP contribution in [0.15, 0.2) is 34.7 Å². The van der Waals surface area contributed by atoms with Crippen molar-refractivity contribution in [3.05, 3.63) is 61.7 Å². The molecule has 1 atom stereocenters. The van der Waals surface area contributed by atoms with Crippen molar-refractivity contribution in [1.29, 1.82) is 0 Å². The summed E-state index contributed by atoms with van der Waals surface area (Å²) in [5.74, 6) is -0.105. The smallest absolute Gasteiger partial charge is 0.340 e. The number of rotatable bonds is 5. The van der Waals surface area contributed by atoms with Gasteiger partial charge in [-0.3, -0.25) is 10.1 Å². The third-order valence-electron chi connectivity index (χ3n) is 3.66. The molecule has 0 N–H and O–H groups in total. The number of carbonyl (C=O) groups excluding carboxylic acids is 1. The average molecular weight is 373 g/mol. The summed E-state index contributed by atoms with van der Waals surface area (Å²) in [6, 6.07) is 7.52. The summed E-state index contributed by atoms with van der Waals surface area (Å²) in [6.07, 6.45) is -0.721. The molecule has 0 spiro atoms. The summed E-state index contributed by atoms with van der Waals surface area (Å²) in [5, 5.41) is 18.5. The largest absolute Gasteiger partial charge is 0.449 e. The van der Waals surface area contributed by atoms with Gasteiger partial charge in [0, 0.05) is 27.5 Å². The van der Waals surface area contributed by atoms with Crippen LogP contribution in [0.3, 0.4) is 0 Å². The molecule has 0 aliphatic carbocycles. The monoisotopic (exact) mass is 373 g/mol. The number of non-ortho nitro benzene ring substituents is 1. The van der Waals surface area contributed by atoms with Crippen LogP contribution in [0.1, 0.15) is 39.0 Å². The molecule has 0 saturated heterocycles. The van der Waals surface area contributed by atoms with Crippen molar-refractivity contribution in [2.45, 2.75) is 26.9 Å². The van der Waals surface area contributed by atoms with Crippen molar-refractivity contribution in [3.63, 3.8) is 0 Å². The number of esters is 1. The van der Waals surface area contributed by atoms with Gasteiger partial charge in [0.15, 0.2) is 6.10 Å². The van der Waals surface area contributed by atoms with E-state index in [1.165, 1.54) is 35.6 Å². The third-order valence-corrected chi connectivity index (χ3v) is 4.62. The number of nitro groups is 1. The lowest BCUT2D eigenvalue weighted by Crippen LogP contribution is -2.09. The summed E-state index contributed by atoms with van der Waals surface area (Å²) in [4.78, 5) is 24.4. The second-order valence-electron chi connectivity index (χ2n) is 5.62. The predicted molar refractivity (Wildman–Crippen MR) is 94.0 cm³/mol. The van der Waals surface area contributed by atoms with Crippen molar-refractivity contribution in [2.24, 2.45) is 0 Å². The standard InChI is InChI=1S/C17H15N3O5S/c1-9-8-14(11(3)26-9)17(21)24-10(2)15-18-19-16(25-15)12-4-6-13(7-5-12)20(22)23/h4-8,10H,1-3H3/t10-/m0/s1. The first kappa shape index (κ1) is 17.7. The van der Waals surface area contributed by atoms with Gasteiger partial charge in [-0.15, -0.1) is 21.5 Å². The maximum absolute atomic E-state index is 12.3. The molecule has 3 rings (SSSR count). The Bertz CT molecular complexity index is 961. The SMILES string of the molecule is Cc1cc(C(=O)O[C@@H](C)c2nnc(-c3ccc([N+](=O)[O-])cc3)o2)c(C)s1. The Balaban J connectivity index is 1.73. The molecule has 134 valence electrons. The second kappa shape index (κ2) is 7.04. The number of nitro benzene ring substituents is 1. The predicted octanol–water partition coefficient (Wildman–Crippen LogP) is 4.24. The maximum Gasteiger partial charge on any atom is 0.340 e. The molecule has 0 amide bonds. The van der Waals surface area contributed by atoms with Gasteiger partial charge >= 0.3 is 5.97 Å². The van der Waals surface area contributed by atoms with Crippen molar-refractivity contribution < 1.29 is 18.9 Å². The molecule has 0 fully saturated rings. The van der Waals surface area contributed by atoms with Crippen LogP contribution in [0.25, 0.3) is 11.5 Å². The van der Waals surface area contributed by atoms with E-state index in [1.807, 2.05) is 13.8 Å². The lowest BCUT2D eigenvalue weighted by molar-refractivity contribution is -0.384. The fourth-order valence-corrected chi connectivity index (χ4v) is 3.26. The van der Waals surface area contributed by atoms with Crippen molar-refractivity contribution in [2.75, 3.05) is 0 Å². The quantitative estimate of drug-likeness (QED) is 0.374.